The van der Waals surface area contributed by atoms with Crippen LogP contribution in [-0.2, 0) is 0 Å². The van der Waals surface area contributed by atoms with Gasteiger partial charge < -0.3 is 0 Å². The Morgan fingerprint density at radius 2 is 2.00 bits per heavy atom. The zero-order valence-electron chi connectivity index (χ0n) is 7.85. The van der Waals surface area contributed by atoms with Crippen molar-refractivity contribution in [2.24, 2.45) is 0 Å². The molecule has 1 aromatic carbocycles. The number of thioether (sulfide) groups is 1. The van der Waals surface area contributed by atoms with Gasteiger partial charge in [0.05, 0.1) is 0 Å². The highest BCUT2D eigenvalue weighted by Gasteiger charge is 2.01. The van der Waals surface area contributed by atoms with Crippen molar-refractivity contribution >= 4 is 17.8 Å². The summed E-state index contributed by atoms with van der Waals surface area (Å²) in [5, 5.41) is 0. The van der Waals surface area contributed by atoms with Gasteiger partial charge in [-0.1, -0.05) is 18.7 Å². The average molecular weight is 178 g/mol. The molecule has 1 rings (SSSR count). The third-order valence-corrected chi connectivity index (χ3v) is 2.69. The summed E-state index contributed by atoms with van der Waals surface area (Å²) in [4.78, 5) is 1.32. The molecule has 1 aromatic rings. The van der Waals surface area contributed by atoms with Crippen LogP contribution in [0.5, 0.6) is 0 Å². The Bertz CT molecular complexity index is 300. The van der Waals surface area contributed by atoms with Crippen molar-refractivity contribution in [1.29, 1.82) is 0 Å². The van der Waals surface area contributed by atoms with Crippen molar-refractivity contribution in [3.63, 3.8) is 0 Å². The van der Waals surface area contributed by atoms with E-state index in [-0.39, 0.29) is 0 Å². The van der Waals surface area contributed by atoms with Crippen LogP contribution in [0.3, 0.4) is 0 Å². The molecule has 0 spiro atoms. The Labute approximate surface area is 78.7 Å². The summed E-state index contributed by atoms with van der Waals surface area (Å²) in [6.07, 6.45) is 4.03. The van der Waals surface area contributed by atoms with Crippen LogP contribution in [-0.4, -0.2) is 6.26 Å². The van der Waals surface area contributed by atoms with Gasteiger partial charge >= 0.3 is 0 Å². The topological polar surface area (TPSA) is 0 Å². The number of benzene rings is 1. The minimum atomic E-state index is 1.27. The lowest BCUT2D eigenvalue weighted by Gasteiger charge is -2.07. The molecule has 64 valence electrons. The van der Waals surface area contributed by atoms with Crippen molar-refractivity contribution in [2.75, 3.05) is 6.26 Å². The summed E-state index contributed by atoms with van der Waals surface area (Å²) in [6.45, 7) is 8.07. The summed E-state index contributed by atoms with van der Waals surface area (Å²) < 4.78 is 0. The molecule has 0 aromatic heterocycles. The van der Waals surface area contributed by atoms with E-state index in [0.717, 1.165) is 0 Å². The van der Waals surface area contributed by atoms with Crippen LogP contribution < -0.4 is 0 Å². The van der Waals surface area contributed by atoms with Crippen LogP contribution in [0, 0.1) is 13.8 Å². The van der Waals surface area contributed by atoms with E-state index >= 15 is 0 Å². The van der Waals surface area contributed by atoms with Gasteiger partial charge in [-0.3, -0.25) is 0 Å². The van der Waals surface area contributed by atoms with E-state index in [1.165, 1.54) is 21.6 Å². The Morgan fingerprint density at radius 3 is 2.50 bits per heavy atom. The van der Waals surface area contributed by atoms with E-state index in [0.29, 0.717) is 0 Å². The first-order valence-electron chi connectivity index (χ1n) is 3.96. The van der Waals surface area contributed by atoms with E-state index in [1.54, 1.807) is 11.8 Å². The maximum Gasteiger partial charge on any atom is 0.0147 e. The van der Waals surface area contributed by atoms with Crippen molar-refractivity contribution < 1.29 is 0 Å². The van der Waals surface area contributed by atoms with Crippen molar-refractivity contribution in [3.05, 3.63) is 35.4 Å². The summed E-state index contributed by atoms with van der Waals surface area (Å²) in [7, 11) is 0. The second-order valence-corrected chi connectivity index (χ2v) is 3.75. The second-order valence-electron chi connectivity index (χ2n) is 2.90. The normalized spacial score (nSPS) is 9.92. The largest absolute Gasteiger partial charge is 0.129 e. The van der Waals surface area contributed by atoms with Crippen LogP contribution in [0.1, 0.15) is 16.7 Å². The maximum atomic E-state index is 3.82. The molecule has 0 saturated heterocycles. The molecular formula is C11H14S. The van der Waals surface area contributed by atoms with Gasteiger partial charge in [0.2, 0.25) is 0 Å². The Hall–Kier alpha value is -0.690. The van der Waals surface area contributed by atoms with Crippen molar-refractivity contribution in [3.8, 4) is 0 Å². The first kappa shape index (κ1) is 9.40. The fourth-order valence-electron chi connectivity index (χ4n) is 1.37. The monoisotopic (exact) mass is 178 g/mol. The van der Waals surface area contributed by atoms with E-state index in [1.807, 2.05) is 6.08 Å². The van der Waals surface area contributed by atoms with Gasteiger partial charge in [-0.2, -0.15) is 0 Å². The summed E-state index contributed by atoms with van der Waals surface area (Å²) >= 11 is 1.78. The molecule has 0 fully saturated rings. The highest BCUT2D eigenvalue weighted by molar-refractivity contribution is 7.98. The molecule has 12 heavy (non-hydrogen) atoms. The van der Waals surface area contributed by atoms with Crippen molar-refractivity contribution in [2.45, 2.75) is 18.7 Å². The fourth-order valence-corrected chi connectivity index (χ4v) is 2.14. The standard InChI is InChI=1S/C11H14S/c1-5-10-9(3)6-8(2)7-11(10)12-4/h5-7H,1H2,2-4H3. The molecule has 0 N–H and O–H groups in total. The van der Waals surface area contributed by atoms with Crippen molar-refractivity contribution in [1.82, 2.24) is 0 Å². The third-order valence-electron chi connectivity index (χ3n) is 1.92. The molecule has 0 unspecified atom stereocenters. The molecule has 0 aliphatic rings. The van der Waals surface area contributed by atoms with Gasteiger partial charge in [-0.05, 0) is 42.9 Å². The van der Waals surface area contributed by atoms with Crippen LogP contribution in [0.15, 0.2) is 23.6 Å². The highest BCUT2D eigenvalue weighted by Crippen LogP contribution is 2.25. The lowest BCUT2D eigenvalue weighted by Crippen LogP contribution is -1.86. The molecule has 0 saturated carbocycles. The Kier molecular flexibility index (Phi) is 2.99. The number of rotatable bonds is 2. The highest BCUT2D eigenvalue weighted by atomic mass is 32.2. The summed E-state index contributed by atoms with van der Waals surface area (Å²) in [5.74, 6) is 0. The van der Waals surface area contributed by atoms with Crippen LogP contribution in [0.25, 0.3) is 6.08 Å². The number of aryl methyl sites for hydroxylation is 2. The molecule has 0 heterocycles. The van der Waals surface area contributed by atoms with Gasteiger partial charge in [0, 0.05) is 4.90 Å². The van der Waals surface area contributed by atoms with Crippen LogP contribution >= 0.6 is 11.8 Å². The van der Waals surface area contributed by atoms with Gasteiger partial charge in [-0.15, -0.1) is 11.8 Å². The molecule has 0 amide bonds. The average Bonchev–Trinajstić information content (AvgIpc) is 2.03. The first-order valence-corrected chi connectivity index (χ1v) is 5.19. The molecular weight excluding hydrogens is 164 g/mol. The fraction of sp³-hybridized carbons (Fsp3) is 0.273. The van der Waals surface area contributed by atoms with Gasteiger partial charge in [0.1, 0.15) is 0 Å². The van der Waals surface area contributed by atoms with Crippen LogP contribution in [0.2, 0.25) is 0 Å². The SMILES string of the molecule is C=Cc1c(C)cc(C)cc1SC. The van der Waals surface area contributed by atoms with Gasteiger partial charge in [0.15, 0.2) is 0 Å². The molecule has 0 aliphatic heterocycles. The Balaban J connectivity index is 3.33. The molecule has 0 bridgehead atoms. The second kappa shape index (κ2) is 3.81. The third kappa shape index (κ3) is 1.72. The van der Waals surface area contributed by atoms with E-state index in [4.69, 9.17) is 0 Å². The van der Waals surface area contributed by atoms with Gasteiger partial charge in [-0.25, -0.2) is 0 Å². The maximum absolute atomic E-state index is 3.82. The Morgan fingerprint density at radius 1 is 1.33 bits per heavy atom. The van der Waals surface area contributed by atoms with Crippen LogP contribution in [0.4, 0.5) is 0 Å². The lowest BCUT2D eigenvalue weighted by atomic mass is 10.1. The zero-order valence-corrected chi connectivity index (χ0v) is 8.66. The molecule has 0 radical (unpaired) electrons. The number of hydrogen-bond acceptors (Lipinski definition) is 1. The number of hydrogen-bond donors (Lipinski definition) is 0. The smallest absolute Gasteiger partial charge is 0.0147 e. The lowest BCUT2D eigenvalue weighted by molar-refractivity contribution is 1.27. The molecule has 0 nitrogen and oxygen atoms in total. The summed E-state index contributed by atoms with van der Waals surface area (Å²) in [6, 6.07) is 4.39. The zero-order chi connectivity index (χ0) is 9.14. The van der Waals surface area contributed by atoms with E-state index < -0.39 is 0 Å². The molecule has 1 heteroatoms. The van der Waals surface area contributed by atoms with E-state index in [2.05, 4.69) is 38.8 Å². The predicted octanol–water partition coefficient (Wildman–Crippen LogP) is 3.67. The molecule has 0 atom stereocenters. The quantitative estimate of drug-likeness (QED) is 0.623. The van der Waals surface area contributed by atoms with E-state index in [9.17, 15) is 0 Å². The predicted molar refractivity (Wildman–Crippen MR) is 57.8 cm³/mol. The minimum Gasteiger partial charge on any atom is -0.129 e. The molecule has 0 aliphatic carbocycles. The first-order chi connectivity index (χ1) is 5.69. The van der Waals surface area contributed by atoms with Gasteiger partial charge in [0.25, 0.3) is 0 Å². The minimum absolute atomic E-state index is 1.27. The summed E-state index contributed by atoms with van der Waals surface area (Å²) in [5.41, 5.74) is 3.91.